The van der Waals surface area contributed by atoms with Crippen molar-refractivity contribution in [2.45, 2.75) is 45.4 Å². The minimum atomic E-state index is -0.0760. The molecule has 0 amide bonds. The molecule has 4 heterocycles. The summed E-state index contributed by atoms with van der Waals surface area (Å²) in [7, 11) is 0. The molecular formula is C21H29ClN4O2. The van der Waals surface area contributed by atoms with Gasteiger partial charge in [0.15, 0.2) is 0 Å². The zero-order chi connectivity index (χ0) is 19.7. The molecule has 7 heteroatoms. The summed E-state index contributed by atoms with van der Waals surface area (Å²) in [5.74, 6) is 0.742. The SMILES string of the molecule is CC1CN(CC2CCN(Cc3cc(=O)n4cc(Cl)ccc4n3)CC2)CC(C)O1. The third-order valence-corrected chi connectivity index (χ3v) is 6.00. The monoisotopic (exact) mass is 404 g/mol. The van der Waals surface area contributed by atoms with Crippen LogP contribution in [0.25, 0.3) is 5.65 Å². The predicted molar refractivity (Wildman–Crippen MR) is 111 cm³/mol. The molecule has 0 saturated carbocycles. The van der Waals surface area contributed by atoms with Gasteiger partial charge in [-0.25, -0.2) is 4.98 Å². The summed E-state index contributed by atoms with van der Waals surface area (Å²) in [5, 5.41) is 0.537. The first-order valence-corrected chi connectivity index (χ1v) is 10.6. The van der Waals surface area contributed by atoms with Crippen molar-refractivity contribution >= 4 is 17.2 Å². The van der Waals surface area contributed by atoms with Crippen LogP contribution in [-0.4, -0.2) is 64.1 Å². The Hall–Kier alpha value is -1.47. The lowest BCUT2D eigenvalue weighted by Gasteiger charge is -2.39. The molecule has 0 spiro atoms. The van der Waals surface area contributed by atoms with Gasteiger partial charge >= 0.3 is 0 Å². The Kier molecular flexibility index (Phi) is 6.01. The van der Waals surface area contributed by atoms with Gasteiger partial charge in [0.2, 0.25) is 0 Å². The average Bonchev–Trinajstić information content (AvgIpc) is 2.63. The number of fused-ring (bicyclic) bond motifs is 1. The number of rotatable bonds is 4. The normalized spacial score (nSPS) is 25.4. The Morgan fingerprint density at radius 3 is 2.57 bits per heavy atom. The topological polar surface area (TPSA) is 50.1 Å². The molecular weight excluding hydrogens is 376 g/mol. The summed E-state index contributed by atoms with van der Waals surface area (Å²) in [6.07, 6.45) is 4.67. The second kappa shape index (κ2) is 8.49. The van der Waals surface area contributed by atoms with E-state index in [0.717, 1.165) is 44.3 Å². The summed E-state index contributed by atoms with van der Waals surface area (Å²) >= 11 is 5.98. The van der Waals surface area contributed by atoms with Gasteiger partial charge in [0.1, 0.15) is 5.65 Å². The van der Waals surface area contributed by atoms with E-state index in [2.05, 4.69) is 28.6 Å². The highest BCUT2D eigenvalue weighted by Gasteiger charge is 2.26. The Balaban J connectivity index is 1.33. The number of piperidine rings is 1. The lowest BCUT2D eigenvalue weighted by molar-refractivity contribution is -0.0732. The van der Waals surface area contributed by atoms with Gasteiger partial charge in [-0.05, 0) is 57.8 Å². The number of likely N-dealkylation sites (tertiary alicyclic amines) is 1. The van der Waals surface area contributed by atoms with Crippen LogP contribution in [0.4, 0.5) is 0 Å². The van der Waals surface area contributed by atoms with Crippen LogP contribution in [0.1, 0.15) is 32.4 Å². The Morgan fingerprint density at radius 1 is 1.14 bits per heavy atom. The molecule has 2 aliphatic rings. The van der Waals surface area contributed by atoms with Crippen molar-refractivity contribution in [1.29, 1.82) is 0 Å². The second-order valence-electron chi connectivity index (χ2n) is 8.36. The van der Waals surface area contributed by atoms with E-state index in [0.29, 0.717) is 22.9 Å². The quantitative estimate of drug-likeness (QED) is 0.784. The third kappa shape index (κ3) is 4.74. The van der Waals surface area contributed by atoms with E-state index in [1.807, 2.05) is 0 Å². The maximum atomic E-state index is 12.3. The molecule has 6 nitrogen and oxygen atoms in total. The van der Waals surface area contributed by atoms with Crippen LogP contribution in [0.2, 0.25) is 5.02 Å². The Bertz CT molecular complexity index is 868. The smallest absolute Gasteiger partial charge is 0.258 e. The molecule has 2 aromatic heterocycles. The van der Waals surface area contributed by atoms with Crippen LogP contribution >= 0.6 is 11.6 Å². The van der Waals surface area contributed by atoms with Gasteiger partial charge in [0, 0.05) is 38.4 Å². The molecule has 2 unspecified atom stereocenters. The third-order valence-electron chi connectivity index (χ3n) is 5.78. The number of hydrogen-bond acceptors (Lipinski definition) is 5. The number of pyridine rings is 1. The van der Waals surface area contributed by atoms with Gasteiger partial charge in [-0.1, -0.05) is 11.6 Å². The van der Waals surface area contributed by atoms with E-state index in [1.54, 1.807) is 24.4 Å². The van der Waals surface area contributed by atoms with Crippen molar-refractivity contribution in [2.24, 2.45) is 5.92 Å². The van der Waals surface area contributed by atoms with Crippen LogP contribution in [0.15, 0.2) is 29.2 Å². The fraction of sp³-hybridized carbons (Fsp3) is 0.619. The fourth-order valence-corrected chi connectivity index (χ4v) is 4.72. The minimum absolute atomic E-state index is 0.0760. The highest BCUT2D eigenvalue weighted by Crippen LogP contribution is 2.22. The molecule has 2 saturated heterocycles. The first-order valence-electron chi connectivity index (χ1n) is 10.2. The molecule has 4 rings (SSSR count). The molecule has 152 valence electrons. The van der Waals surface area contributed by atoms with Crippen LogP contribution in [0.3, 0.4) is 0 Å². The summed E-state index contributed by atoms with van der Waals surface area (Å²) in [6.45, 7) is 10.4. The van der Waals surface area contributed by atoms with E-state index in [1.165, 1.54) is 23.8 Å². The summed E-state index contributed by atoms with van der Waals surface area (Å²) in [5.41, 5.74) is 1.41. The molecule has 0 aliphatic carbocycles. The minimum Gasteiger partial charge on any atom is -0.373 e. The summed E-state index contributed by atoms with van der Waals surface area (Å²) in [6, 6.07) is 5.20. The van der Waals surface area contributed by atoms with E-state index >= 15 is 0 Å². The molecule has 2 aromatic rings. The first-order chi connectivity index (χ1) is 13.5. The van der Waals surface area contributed by atoms with Gasteiger partial charge < -0.3 is 4.74 Å². The van der Waals surface area contributed by atoms with Gasteiger partial charge in [-0.3, -0.25) is 19.0 Å². The molecule has 0 N–H and O–H groups in total. The molecule has 0 radical (unpaired) electrons. The van der Waals surface area contributed by atoms with Crippen molar-refractivity contribution in [3.8, 4) is 0 Å². The molecule has 2 atom stereocenters. The number of morpholine rings is 1. The van der Waals surface area contributed by atoms with Crippen LogP contribution < -0.4 is 5.56 Å². The predicted octanol–water partition coefficient (Wildman–Crippen LogP) is 2.67. The zero-order valence-corrected chi connectivity index (χ0v) is 17.4. The molecule has 0 aromatic carbocycles. The molecule has 28 heavy (non-hydrogen) atoms. The highest BCUT2D eigenvalue weighted by molar-refractivity contribution is 6.30. The molecule has 0 bridgehead atoms. The standard InChI is InChI=1S/C21H29ClN4O2/c1-15-10-25(11-16(2)28-15)12-17-5-7-24(8-6-17)14-19-9-21(27)26-13-18(22)3-4-20(26)23-19/h3-4,9,13,15-17H,5-8,10-12,14H2,1-2H3. The van der Waals surface area contributed by atoms with Crippen molar-refractivity contribution in [2.75, 3.05) is 32.7 Å². The maximum absolute atomic E-state index is 12.3. The first kappa shape index (κ1) is 19.8. The van der Waals surface area contributed by atoms with Gasteiger partial charge in [0.25, 0.3) is 5.56 Å². The number of aromatic nitrogens is 2. The number of hydrogen-bond donors (Lipinski definition) is 0. The summed E-state index contributed by atoms with van der Waals surface area (Å²) in [4.78, 5) is 22.0. The zero-order valence-electron chi connectivity index (χ0n) is 16.7. The average molecular weight is 405 g/mol. The summed E-state index contributed by atoms with van der Waals surface area (Å²) < 4.78 is 7.35. The number of ether oxygens (including phenoxy) is 1. The van der Waals surface area contributed by atoms with E-state index in [9.17, 15) is 4.79 Å². The van der Waals surface area contributed by atoms with Crippen LogP contribution in [-0.2, 0) is 11.3 Å². The highest BCUT2D eigenvalue weighted by atomic mass is 35.5. The Morgan fingerprint density at radius 2 is 1.86 bits per heavy atom. The Labute approximate surface area is 171 Å². The number of nitrogens with zero attached hydrogens (tertiary/aromatic N) is 4. The van der Waals surface area contributed by atoms with Gasteiger partial charge in [-0.2, -0.15) is 0 Å². The van der Waals surface area contributed by atoms with Gasteiger partial charge in [-0.15, -0.1) is 0 Å². The molecule has 2 aliphatic heterocycles. The van der Waals surface area contributed by atoms with E-state index in [4.69, 9.17) is 16.3 Å². The second-order valence-corrected chi connectivity index (χ2v) is 8.79. The maximum Gasteiger partial charge on any atom is 0.258 e. The van der Waals surface area contributed by atoms with E-state index < -0.39 is 0 Å². The van der Waals surface area contributed by atoms with Crippen molar-refractivity contribution in [1.82, 2.24) is 19.2 Å². The van der Waals surface area contributed by atoms with E-state index in [-0.39, 0.29) is 5.56 Å². The number of halogens is 1. The van der Waals surface area contributed by atoms with Crippen LogP contribution in [0.5, 0.6) is 0 Å². The van der Waals surface area contributed by atoms with Gasteiger partial charge in [0.05, 0.1) is 22.9 Å². The van der Waals surface area contributed by atoms with Crippen LogP contribution in [0, 0.1) is 5.92 Å². The largest absolute Gasteiger partial charge is 0.373 e. The molecule has 2 fully saturated rings. The van der Waals surface area contributed by atoms with Crippen molar-refractivity contribution < 1.29 is 4.74 Å². The van der Waals surface area contributed by atoms with Crippen molar-refractivity contribution in [3.05, 3.63) is 45.5 Å². The lowest BCUT2D eigenvalue weighted by atomic mass is 9.95. The van der Waals surface area contributed by atoms with Crippen molar-refractivity contribution in [3.63, 3.8) is 0 Å². The lowest BCUT2D eigenvalue weighted by Crippen LogP contribution is -2.48. The fourth-order valence-electron chi connectivity index (χ4n) is 4.56.